The molecule has 0 fully saturated rings. The highest BCUT2D eigenvalue weighted by molar-refractivity contribution is 7.00. The summed E-state index contributed by atoms with van der Waals surface area (Å²) in [4.78, 5) is 24.2. The average molecular weight is 526 g/mol. The van der Waals surface area contributed by atoms with Crippen molar-refractivity contribution >= 4 is 57.8 Å². The van der Waals surface area contributed by atoms with Gasteiger partial charge in [-0.1, -0.05) is 41.4 Å². The molecule has 1 aromatic heterocycles. The average Bonchev–Trinajstić information content (AvgIpc) is 3.24. The molecule has 174 valence electrons. The quantitative estimate of drug-likeness (QED) is 0.346. The fraction of sp³-hybridized carbons (Fsp3) is 0.0909. The zero-order chi connectivity index (χ0) is 24.6. The summed E-state index contributed by atoms with van der Waals surface area (Å²) in [5.41, 5.74) is 0.942. The summed E-state index contributed by atoms with van der Waals surface area (Å²) in [6.07, 6.45) is -0.260. The minimum absolute atomic E-state index is 0.0506. The molecule has 12 heteroatoms. The van der Waals surface area contributed by atoms with Gasteiger partial charge in [0.2, 0.25) is 0 Å². The third kappa shape index (κ3) is 4.56. The Bertz CT molecular complexity index is 1400. The van der Waals surface area contributed by atoms with Crippen molar-refractivity contribution in [1.29, 1.82) is 0 Å². The van der Waals surface area contributed by atoms with Crippen LogP contribution in [0.15, 0.2) is 42.5 Å². The van der Waals surface area contributed by atoms with E-state index in [1.807, 2.05) is 0 Å². The van der Waals surface area contributed by atoms with Crippen LogP contribution in [-0.2, 0) is 11.2 Å². The lowest BCUT2D eigenvalue weighted by atomic mass is 9.97. The maximum absolute atomic E-state index is 13.9. The topological polar surface area (TPSA) is 92.2 Å². The van der Waals surface area contributed by atoms with Gasteiger partial charge in [0.1, 0.15) is 40.1 Å². The molecule has 1 atom stereocenters. The molecular formula is C22H12Cl2F3N3O3S. The minimum Gasteiger partial charge on any atom is -0.480 e. The Morgan fingerprint density at radius 1 is 1.00 bits per heavy atom. The zero-order valence-electron chi connectivity index (χ0n) is 16.8. The standard InChI is InChI=1S/C22H12Cl2F3N3O3S/c23-12-7-10(25)8-13(24)17(12)11-5-4-9(19-20(11)30-34-29-19)6-16(22(32)33)28-21(31)18-14(26)2-1-3-15(18)27/h1-5,7-8,16H,6H2,(H,28,31)(H,32,33)/t16-/m0/s1. The molecule has 1 amide bonds. The van der Waals surface area contributed by atoms with Crippen molar-refractivity contribution in [1.82, 2.24) is 14.1 Å². The van der Waals surface area contributed by atoms with Crippen molar-refractivity contribution in [3.8, 4) is 11.1 Å². The molecular weight excluding hydrogens is 514 g/mol. The number of amides is 1. The second kappa shape index (κ2) is 9.57. The fourth-order valence-corrected chi connectivity index (χ4v) is 4.71. The molecule has 2 N–H and O–H groups in total. The van der Waals surface area contributed by atoms with Crippen LogP contribution in [0.2, 0.25) is 10.0 Å². The van der Waals surface area contributed by atoms with Gasteiger partial charge in [-0.2, -0.15) is 8.75 Å². The van der Waals surface area contributed by atoms with Crippen LogP contribution in [0.3, 0.4) is 0 Å². The summed E-state index contributed by atoms with van der Waals surface area (Å²) in [5.74, 6) is -5.49. The monoisotopic (exact) mass is 525 g/mol. The number of rotatable bonds is 6. The number of fused-ring (bicyclic) bond motifs is 1. The van der Waals surface area contributed by atoms with Gasteiger partial charge in [0.15, 0.2) is 0 Å². The van der Waals surface area contributed by atoms with Crippen LogP contribution < -0.4 is 5.32 Å². The number of carbonyl (C=O) groups is 2. The van der Waals surface area contributed by atoms with E-state index in [1.165, 1.54) is 0 Å². The normalized spacial score (nSPS) is 12.0. The van der Waals surface area contributed by atoms with E-state index < -0.39 is 40.9 Å². The first-order valence-corrected chi connectivity index (χ1v) is 11.0. The van der Waals surface area contributed by atoms with E-state index in [4.69, 9.17) is 23.2 Å². The van der Waals surface area contributed by atoms with Gasteiger partial charge in [0.25, 0.3) is 5.91 Å². The molecule has 0 spiro atoms. The Morgan fingerprint density at radius 2 is 1.62 bits per heavy atom. The first-order chi connectivity index (χ1) is 16.2. The van der Waals surface area contributed by atoms with Crippen molar-refractivity contribution < 1.29 is 27.9 Å². The van der Waals surface area contributed by atoms with E-state index in [1.54, 1.807) is 12.1 Å². The first-order valence-electron chi connectivity index (χ1n) is 9.54. The molecule has 1 heterocycles. The van der Waals surface area contributed by atoms with Gasteiger partial charge >= 0.3 is 5.97 Å². The van der Waals surface area contributed by atoms with Crippen LogP contribution in [0.25, 0.3) is 22.2 Å². The second-order valence-electron chi connectivity index (χ2n) is 7.14. The molecule has 0 bridgehead atoms. The molecule has 0 aliphatic rings. The van der Waals surface area contributed by atoms with E-state index >= 15 is 0 Å². The zero-order valence-corrected chi connectivity index (χ0v) is 19.1. The Morgan fingerprint density at radius 3 is 2.24 bits per heavy atom. The van der Waals surface area contributed by atoms with Gasteiger partial charge in [-0.15, -0.1) is 0 Å². The number of carbonyl (C=O) groups excluding carboxylic acids is 1. The number of hydrogen-bond acceptors (Lipinski definition) is 5. The summed E-state index contributed by atoms with van der Waals surface area (Å²) in [5, 5.41) is 11.9. The molecule has 0 radical (unpaired) electrons. The third-order valence-electron chi connectivity index (χ3n) is 4.99. The molecule has 0 saturated heterocycles. The Kier molecular flexibility index (Phi) is 6.74. The number of aliphatic carboxylic acids is 1. The lowest BCUT2D eigenvalue weighted by Gasteiger charge is -2.16. The van der Waals surface area contributed by atoms with Gasteiger partial charge in [0.05, 0.1) is 21.8 Å². The van der Waals surface area contributed by atoms with Crippen LogP contribution in [0.5, 0.6) is 0 Å². The second-order valence-corrected chi connectivity index (χ2v) is 8.49. The Balaban J connectivity index is 1.69. The molecule has 0 aliphatic carbocycles. The van der Waals surface area contributed by atoms with Gasteiger partial charge in [-0.05, 0) is 29.8 Å². The van der Waals surface area contributed by atoms with Gasteiger partial charge < -0.3 is 10.4 Å². The summed E-state index contributed by atoms with van der Waals surface area (Å²) in [6, 6.07) is 6.65. The van der Waals surface area contributed by atoms with E-state index in [9.17, 15) is 27.9 Å². The minimum atomic E-state index is -1.53. The van der Waals surface area contributed by atoms with Crippen LogP contribution in [0.4, 0.5) is 13.2 Å². The van der Waals surface area contributed by atoms with E-state index in [0.29, 0.717) is 27.7 Å². The molecule has 0 aliphatic heterocycles. The molecule has 4 rings (SSSR count). The van der Waals surface area contributed by atoms with Crippen molar-refractivity contribution in [3.05, 3.63) is 81.1 Å². The van der Waals surface area contributed by atoms with Crippen molar-refractivity contribution in [2.75, 3.05) is 0 Å². The largest absolute Gasteiger partial charge is 0.480 e. The number of carboxylic acids is 1. The SMILES string of the molecule is O=C(N[C@@H](Cc1ccc(-c2c(Cl)cc(F)cc2Cl)c2nsnc12)C(=O)O)c1c(F)cccc1F. The number of benzene rings is 3. The van der Waals surface area contributed by atoms with E-state index in [-0.39, 0.29) is 16.5 Å². The molecule has 4 aromatic rings. The predicted molar refractivity (Wildman–Crippen MR) is 122 cm³/mol. The third-order valence-corrected chi connectivity index (χ3v) is 6.12. The van der Waals surface area contributed by atoms with Crippen molar-refractivity contribution in [2.24, 2.45) is 0 Å². The summed E-state index contributed by atoms with van der Waals surface area (Å²) in [6.45, 7) is 0. The number of carboxylic acid groups (broad SMARTS) is 1. The molecule has 0 saturated carbocycles. The first kappa shape index (κ1) is 23.9. The predicted octanol–water partition coefficient (Wildman–Crippen LogP) is 5.51. The van der Waals surface area contributed by atoms with Crippen LogP contribution >= 0.6 is 34.9 Å². The summed E-state index contributed by atoms with van der Waals surface area (Å²) in [7, 11) is 0. The van der Waals surface area contributed by atoms with Crippen LogP contribution in [-0.4, -0.2) is 31.8 Å². The summed E-state index contributed by atoms with van der Waals surface area (Å²) < 4.78 is 49.9. The molecule has 34 heavy (non-hydrogen) atoms. The Hall–Kier alpha value is -3.21. The van der Waals surface area contributed by atoms with Gasteiger partial charge in [-0.3, -0.25) is 4.79 Å². The number of nitrogens with one attached hydrogen (secondary N) is 1. The van der Waals surface area contributed by atoms with Gasteiger partial charge in [0, 0.05) is 17.5 Å². The molecule has 0 unspecified atom stereocenters. The van der Waals surface area contributed by atoms with Crippen molar-refractivity contribution in [2.45, 2.75) is 12.5 Å². The highest BCUT2D eigenvalue weighted by Crippen LogP contribution is 2.39. The van der Waals surface area contributed by atoms with Crippen LogP contribution in [0, 0.1) is 17.5 Å². The van der Waals surface area contributed by atoms with E-state index in [0.717, 1.165) is 42.1 Å². The molecule has 6 nitrogen and oxygen atoms in total. The maximum Gasteiger partial charge on any atom is 0.326 e. The van der Waals surface area contributed by atoms with E-state index in [2.05, 4.69) is 14.1 Å². The lowest BCUT2D eigenvalue weighted by molar-refractivity contribution is -0.139. The fourth-order valence-electron chi connectivity index (χ4n) is 3.45. The Labute approximate surface area is 204 Å². The number of hydrogen-bond donors (Lipinski definition) is 2. The van der Waals surface area contributed by atoms with Crippen LogP contribution in [0.1, 0.15) is 15.9 Å². The smallest absolute Gasteiger partial charge is 0.326 e. The van der Waals surface area contributed by atoms with Gasteiger partial charge in [-0.25, -0.2) is 18.0 Å². The van der Waals surface area contributed by atoms with Crippen molar-refractivity contribution in [3.63, 3.8) is 0 Å². The number of aromatic nitrogens is 2. The number of halogens is 5. The highest BCUT2D eigenvalue weighted by atomic mass is 35.5. The lowest BCUT2D eigenvalue weighted by Crippen LogP contribution is -2.43. The highest BCUT2D eigenvalue weighted by Gasteiger charge is 2.26. The maximum atomic E-state index is 13.9. The number of nitrogens with zero attached hydrogens (tertiary/aromatic N) is 2. The summed E-state index contributed by atoms with van der Waals surface area (Å²) >= 11 is 13.2. The molecule has 3 aromatic carbocycles.